The highest BCUT2D eigenvalue weighted by molar-refractivity contribution is 7.89. The minimum absolute atomic E-state index is 0.0713. The zero-order valence-electron chi connectivity index (χ0n) is 11.0. The van der Waals surface area contributed by atoms with Gasteiger partial charge < -0.3 is 5.11 Å². The first-order valence-corrected chi connectivity index (χ1v) is 7.57. The van der Waals surface area contributed by atoms with Crippen LogP contribution in [-0.2, 0) is 21.0 Å². The van der Waals surface area contributed by atoms with Crippen LogP contribution in [0.15, 0.2) is 23.1 Å². The summed E-state index contributed by atoms with van der Waals surface area (Å²) >= 11 is 0. The smallest absolute Gasteiger partial charge is 0.419 e. The molecule has 1 fully saturated rings. The topological polar surface area (TPSA) is 74.7 Å². The largest absolute Gasteiger partial charge is 0.481 e. The van der Waals surface area contributed by atoms with E-state index in [1.807, 2.05) is 0 Å². The van der Waals surface area contributed by atoms with Crippen molar-refractivity contribution in [3.63, 3.8) is 0 Å². The maximum absolute atomic E-state index is 13.2. The number of carboxylic acids is 1. The molecule has 0 bridgehead atoms. The van der Waals surface area contributed by atoms with Gasteiger partial charge in [0.15, 0.2) is 0 Å². The fourth-order valence-electron chi connectivity index (χ4n) is 2.18. The summed E-state index contributed by atoms with van der Waals surface area (Å²) < 4.78 is 76.4. The third-order valence-corrected chi connectivity index (χ3v) is 5.24. The normalized spacial score (nSPS) is 20.3. The summed E-state index contributed by atoms with van der Waals surface area (Å²) in [4.78, 5) is 10.1. The zero-order valence-corrected chi connectivity index (χ0v) is 11.8. The van der Waals surface area contributed by atoms with Crippen LogP contribution in [0.2, 0.25) is 0 Å². The van der Waals surface area contributed by atoms with Crippen LogP contribution >= 0.6 is 0 Å². The molecule has 1 atom stereocenters. The van der Waals surface area contributed by atoms with Crippen molar-refractivity contribution >= 4 is 16.0 Å². The van der Waals surface area contributed by atoms with Crippen LogP contribution in [0.1, 0.15) is 12.0 Å². The number of nitrogens with zero attached hydrogens (tertiary/aromatic N) is 1. The second-order valence-corrected chi connectivity index (χ2v) is 6.76. The molecule has 2 rings (SSSR count). The third kappa shape index (κ3) is 3.07. The van der Waals surface area contributed by atoms with Gasteiger partial charge in [0.25, 0.3) is 0 Å². The standard InChI is InChI=1S/C12H11F4NO4S/c13-10-2-1-8(5-9(10)12(14,15)16)22(20,21)17-4-3-7(6-17)11(18)19/h1-2,5,7H,3-4,6H2,(H,18,19). The molecule has 22 heavy (non-hydrogen) atoms. The average molecular weight is 341 g/mol. The van der Waals surface area contributed by atoms with Gasteiger partial charge in [-0.15, -0.1) is 0 Å². The fourth-order valence-corrected chi connectivity index (χ4v) is 3.71. The van der Waals surface area contributed by atoms with Crippen molar-refractivity contribution in [1.29, 1.82) is 0 Å². The average Bonchev–Trinajstić information content (AvgIpc) is 2.87. The highest BCUT2D eigenvalue weighted by Gasteiger charge is 2.39. The number of benzene rings is 1. The molecule has 1 aliphatic rings. The Morgan fingerprint density at radius 1 is 1.32 bits per heavy atom. The molecule has 0 aliphatic carbocycles. The monoisotopic (exact) mass is 341 g/mol. The van der Waals surface area contributed by atoms with Gasteiger partial charge in [0.2, 0.25) is 10.0 Å². The highest BCUT2D eigenvalue weighted by atomic mass is 32.2. The number of carbonyl (C=O) groups is 1. The number of hydrogen-bond donors (Lipinski definition) is 1. The quantitative estimate of drug-likeness (QED) is 0.853. The maximum atomic E-state index is 13.2. The Balaban J connectivity index is 2.37. The van der Waals surface area contributed by atoms with E-state index in [2.05, 4.69) is 0 Å². The molecular formula is C12H11F4NO4S. The van der Waals surface area contributed by atoms with E-state index in [0.717, 1.165) is 10.4 Å². The van der Waals surface area contributed by atoms with Gasteiger partial charge in [-0.2, -0.15) is 17.5 Å². The Bertz CT molecular complexity index is 702. The van der Waals surface area contributed by atoms with Crippen molar-refractivity contribution in [2.75, 3.05) is 13.1 Å². The molecule has 122 valence electrons. The number of halogens is 4. The molecule has 1 heterocycles. The van der Waals surface area contributed by atoms with E-state index in [9.17, 15) is 30.8 Å². The molecule has 1 aromatic rings. The predicted octanol–water partition coefficient (Wildman–Crippen LogP) is 1.94. The van der Waals surface area contributed by atoms with Crippen LogP contribution in [0.5, 0.6) is 0 Å². The van der Waals surface area contributed by atoms with Crippen LogP contribution in [0.3, 0.4) is 0 Å². The Labute approximate surface area is 123 Å². The molecule has 10 heteroatoms. The van der Waals surface area contributed by atoms with E-state index in [1.54, 1.807) is 0 Å². The van der Waals surface area contributed by atoms with E-state index in [4.69, 9.17) is 5.11 Å². The maximum Gasteiger partial charge on any atom is 0.419 e. The van der Waals surface area contributed by atoms with Crippen molar-refractivity contribution in [2.45, 2.75) is 17.5 Å². The van der Waals surface area contributed by atoms with Gasteiger partial charge in [-0.3, -0.25) is 4.79 Å². The molecule has 1 aromatic carbocycles. The van der Waals surface area contributed by atoms with Gasteiger partial charge in [-0.1, -0.05) is 0 Å². The van der Waals surface area contributed by atoms with Gasteiger partial charge in [0.1, 0.15) is 5.82 Å². The first-order valence-electron chi connectivity index (χ1n) is 6.13. The third-order valence-electron chi connectivity index (χ3n) is 3.38. The zero-order chi connectivity index (χ0) is 16.7. The minimum atomic E-state index is -5.02. The van der Waals surface area contributed by atoms with E-state index in [-0.39, 0.29) is 25.6 Å². The van der Waals surface area contributed by atoms with Crippen LogP contribution in [0.25, 0.3) is 0 Å². The fraction of sp³-hybridized carbons (Fsp3) is 0.417. The second kappa shape index (κ2) is 5.51. The molecule has 5 nitrogen and oxygen atoms in total. The van der Waals surface area contributed by atoms with Crippen LogP contribution in [0.4, 0.5) is 17.6 Å². The lowest BCUT2D eigenvalue weighted by molar-refractivity contribution is -0.141. The molecular weight excluding hydrogens is 330 g/mol. The van der Waals surface area contributed by atoms with Crippen LogP contribution in [-0.4, -0.2) is 36.9 Å². The van der Waals surface area contributed by atoms with Crippen molar-refractivity contribution < 1.29 is 35.9 Å². The Hall–Kier alpha value is -1.68. The summed E-state index contributed by atoms with van der Waals surface area (Å²) in [6, 6.07) is 1.38. The van der Waals surface area contributed by atoms with Crippen molar-refractivity contribution in [1.82, 2.24) is 4.31 Å². The molecule has 0 radical (unpaired) electrons. The summed E-state index contributed by atoms with van der Waals surface area (Å²) in [5, 5.41) is 8.83. The SMILES string of the molecule is O=C(O)C1CCN(S(=O)(=O)c2ccc(F)c(C(F)(F)F)c2)C1. The summed E-state index contributed by atoms with van der Waals surface area (Å²) in [5.74, 6) is -3.65. The molecule has 1 N–H and O–H groups in total. The van der Waals surface area contributed by atoms with Crippen molar-refractivity contribution in [3.8, 4) is 0 Å². The molecule has 1 aliphatic heterocycles. The first-order chi connectivity index (χ1) is 10.0. The number of aliphatic carboxylic acids is 1. The van der Waals surface area contributed by atoms with E-state index >= 15 is 0 Å². The summed E-state index contributed by atoms with van der Waals surface area (Å²) in [6.07, 6.45) is -4.95. The first kappa shape index (κ1) is 16.7. The van der Waals surface area contributed by atoms with E-state index < -0.39 is 44.4 Å². The molecule has 0 aromatic heterocycles. The Kier molecular flexibility index (Phi) is 4.18. The highest BCUT2D eigenvalue weighted by Crippen LogP contribution is 2.34. The van der Waals surface area contributed by atoms with Gasteiger partial charge >= 0.3 is 12.1 Å². The molecule has 0 spiro atoms. The number of hydrogen-bond acceptors (Lipinski definition) is 3. The predicted molar refractivity (Wildman–Crippen MR) is 65.9 cm³/mol. The summed E-state index contributed by atoms with van der Waals surface area (Å²) in [6.45, 7) is -0.436. The van der Waals surface area contributed by atoms with Crippen LogP contribution < -0.4 is 0 Å². The van der Waals surface area contributed by atoms with Gasteiger partial charge in [0, 0.05) is 13.1 Å². The van der Waals surface area contributed by atoms with Gasteiger partial charge in [-0.05, 0) is 24.6 Å². The van der Waals surface area contributed by atoms with Crippen molar-refractivity contribution in [2.24, 2.45) is 5.92 Å². The lowest BCUT2D eigenvalue weighted by Gasteiger charge is -2.17. The van der Waals surface area contributed by atoms with E-state index in [0.29, 0.717) is 6.07 Å². The molecule has 1 unspecified atom stereocenters. The van der Waals surface area contributed by atoms with Gasteiger partial charge in [0.05, 0.1) is 16.4 Å². The Morgan fingerprint density at radius 3 is 2.45 bits per heavy atom. The van der Waals surface area contributed by atoms with Gasteiger partial charge in [-0.25, -0.2) is 12.8 Å². The lowest BCUT2D eigenvalue weighted by atomic mass is 10.1. The molecule has 0 amide bonds. The number of carboxylic acid groups (broad SMARTS) is 1. The summed E-state index contributed by atoms with van der Waals surface area (Å²) in [5.41, 5.74) is -1.68. The molecule has 1 saturated heterocycles. The minimum Gasteiger partial charge on any atom is -0.481 e. The van der Waals surface area contributed by atoms with Crippen LogP contribution in [0, 0.1) is 11.7 Å². The number of sulfonamides is 1. The molecule has 0 saturated carbocycles. The Morgan fingerprint density at radius 2 is 1.95 bits per heavy atom. The number of alkyl halides is 3. The second-order valence-electron chi connectivity index (χ2n) is 4.83. The van der Waals surface area contributed by atoms with Crippen molar-refractivity contribution in [3.05, 3.63) is 29.6 Å². The number of rotatable bonds is 3. The summed E-state index contributed by atoms with van der Waals surface area (Å²) in [7, 11) is -4.30. The lowest BCUT2D eigenvalue weighted by Crippen LogP contribution is -2.30. The van der Waals surface area contributed by atoms with E-state index in [1.165, 1.54) is 0 Å².